The Balaban J connectivity index is 2.16. The van der Waals surface area contributed by atoms with Crippen LogP contribution in [-0.4, -0.2) is 24.9 Å². The number of likely N-dealkylation sites (N-methyl/N-ethyl adjacent to an activating group) is 1. The summed E-state index contributed by atoms with van der Waals surface area (Å²) < 4.78 is 0. The molecule has 0 saturated heterocycles. The van der Waals surface area contributed by atoms with Gasteiger partial charge in [0.2, 0.25) is 5.91 Å². The molecule has 1 atom stereocenters. The predicted octanol–water partition coefficient (Wildman–Crippen LogP) is -0.935. The van der Waals surface area contributed by atoms with Crippen LogP contribution in [0.4, 0.5) is 5.69 Å². The van der Waals surface area contributed by atoms with Crippen molar-refractivity contribution in [2.24, 2.45) is 11.6 Å². The number of nitrogens with two attached hydrogens (primary N) is 2. The average Bonchev–Trinajstić information content (AvgIpc) is 2.63. The quantitative estimate of drug-likeness (QED) is 0.365. The van der Waals surface area contributed by atoms with Gasteiger partial charge >= 0.3 is 0 Å². The Bertz CT molecular complexity index is 501. The molecule has 0 fully saturated rings. The van der Waals surface area contributed by atoms with E-state index in [2.05, 4.69) is 0 Å². The lowest BCUT2D eigenvalue weighted by molar-refractivity contribution is -0.122. The fourth-order valence-electron chi connectivity index (χ4n) is 2.10. The van der Waals surface area contributed by atoms with Gasteiger partial charge in [0, 0.05) is 12.7 Å². The molecule has 6 heteroatoms. The van der Waals surface area contributed by atoms with E-state index < -0.39 is 11.9 Å². The van der Waals surface area contributed by atoms with Crippen LogP contribution in [0.1, 0.15) is 11.1 Å². The van der Waals surface area contributed by atoms with Crippen molar-refractivity contribution in [1.82, 2.24) is 5.43 Å². The van der Waals surface area contributed by atoms with E-state index in [1.54, 1.807) is 11.9 Å². The molecular formula is C12H16N4O2. The Hall–Kier alpha value is -1.92. The molecule has 1 aromatic rings. The fourth-order valence-corrected chi connectivity index (χ4v) is 2.10. The van der Waals surface area contributed by atoms with Gasteiger partial charge in [-0.1, -0.05) is 12.1 Å². The second-order valence-electron chi connectivity index (χ2n) is 4.41. The summed E-state index contributed by atoms with van der Waals surface area (Å²) in [6.45, 7) is 0. The number of carbonyl (C=O) groups excluding carboxylic acids is 2. The van der Waals surface area contributed by atoms with E-state index in [0.29, 0.717) is 12.8 Å². The highest BCUT2D eigenvalue weighted by Gasteiger charge is 2.24. The van der Waals surface area contributed by atoms with Crippen LogP contribution in [0.2, 0.25) is 0 Å². The summed E-state index contributed by atoms with van der Waals surface area (Å²) in [4.78, 5) is 24.4. The summed E-state index contributed by atoms with van der Waals surface area (Å²) in [5.41, 5.74) is 10.5. The number of fused-ring (bicyclic) bond motifs is 1. The highest BCUT2D eigenvalue weighted by Crippen LogP contribution is 2.28. The van der Waals surface area contributed by atoms with Crippen LogP contribution in [0.5, 0.6) is 0 Å². The molecule has 1 heterocycles. The normalized spacial score (nSPS) is 15.5. The van der Waals surface area contributed by atoms with Crippen LogP contribution < -0.4 is 21.9 Å². The van der Waals surface area contributed by atoms with Crippen LogP contribution in [0, 0.1) is 0 Å². The van der Waals surface area contributed by atoms with Gasteiger partial charge in [-0.05, 0) is 23.6 Å². The molecule has 0 spiro atoms. The Labute approximate surface area is 105 Å². The molecule has 0 radical (unpaired) electrons. The molecule has 18 heavy (non-hydrogen) atoms. The molecule has 2 amide bonds. The molecule has 1 aliphatic heterocycles. The number of benzene rings is 1. The van der Waals surface area contributed by atoms with E-state index in [0.717, 1.165) is 16.8 Å². The third-order valence-corrected chi connectivity index (χ3v) is 3.16. The summed E-state index contributed by atoms with van der Waals surface area (Å²) in [6.07, 6.45) is 0.798. The molecule has 5 N–H and O–H groups in total. The van der Waals surface area contributed by atoms with Gasteiger partial charge < -0.3 is 10.6 Å². The summed E-state index contributed by atoms with van der Waals surface area (Å²) in [5.74, 6) is 4.70. The van der Waals surface area contributed by atoms with Crippen molar-refractivity contribution in [1.29, 1.82) is 0 Å². The smallest absolute Gasteiger partial charge is 0.251 e. The molecular weight excluding hydrogens is 232 g/mol. The van der Waals surface area contributed by atoms with Crippen molar-refractivity contribution in [3.05, 3.63) is 29.3 Å². The van der Waals surface area contributed by atoms with Crippen molar-refractivity contribution in [2.75, 3.05) is 11.9 Å². The highest BCUT2D eigenvalue weighted by atomic mass is 16.2. The maximum Gasteiger partial charge on any atom is 0.251 e. The molecule has 0 aromatic heterocycles. The fraction of sp³-hybridized carbons (Fsp3) is 0.333. The summed E-state index contributed by atoms with van der Waals surface area (Å²) in [5, 5.41) is 0. The minimum atomic E-state index is -0.678. The Morgan fingerprint density at radius 3 is 2.94 bits per heavy atom. The molecule has 1 aliphatic rings. The van der Waals surface area contributed by atoms with Gasteiger partial charge in [-0.15, -0.1) is 0 Å². The second-order valence-corrected chi connectivity index (χ2v) is 4.41. The summed E-state index contributed by atoms with van der Waals surface area (Å²) in [7, 11) is 1.75. The first-order valence-corrected chi connectivity index (χ1v) is 5.67. The van der Waals surface area contributed by atoms with Crippen LogP contribution in [0.3, 0.4) is 0 Å². The molecule has 0 aliphatic carbocycles. The predicted molar refractivity (Wildman–Crippen MR) is 67.6 cm³/mol. The van der Waals surface area contributed by atoms with Crippen LogP contribution in [0.15, 0.2) is 18.2 Å². The third-order valence-electron chi connectivity index (χ3n) is 3.16. The molecule has 96 valence electrons. The lowest BCUT2D eigenvalue weighted by Crippen LogP contribution is -2.45. The zero-order valence-electron chi connectivity index (χ0n) is 10.1. The van der Waals surface area contributed by atoms with E-state index >= 15 is 0 Å². The van der Waals surface area contributed by atoms with E-state index in [-0.39, 0.29) is 5.91 Å². The minimum Gasteiger partial charge on any atom is -0.320 e. The van der Waals surface area contributed by atoms with Gasteiger partial charge in [-0.3, -0.25) is 15.0 Å². The largest absolute Gasteiger partial charge is 0.320 e. The van der Waals surface area contributed by atoms with Crippen molar-refractivity contribution in [3.8, 4) is 0 Å². The zero-order chi connectivity index (χ0) is 13.3. The maximum atomic E-state index is 11.5. The van der Waals surface area contributed by atoms with Crippen LogP contribution in [-0.2, 0) is 22.4 Å². The van der Waals surface area contributed by atoms with Gasteiger partial charge in [-0.2, -0.15) is 0 Å². The first-order valence-electron chi connectivity index (χ1n) is 5.67. The van der Waals surface area contributed by atoms with Gasteiger partial charge in [0.15, 0.2) is 0 Å². The number of carbonyl (C=O) groups is 2. The molecule has 2 rings (SSSR count). The second kappa shape index (κ2) is 4.75. The Morgan fingerprint density at radius 2 is 2.28 bits per heavy atom. The molecule has 1 unspecified atom stereocenters. The van der Waals surface area contributed by atoms with Crippen LogP contribution >= 0.6 is 0 Å². The lowest BCUT2D eigenvalue weighted by Gasteiger charge is -2.12. The number of amides is 2. The number of rotatable bonds is 3. The number of nitrogens with one attached hydrogen (secondary N) is 1. The zero-order valence-corrected chi connectivity index (χ0v) is 10.1. The van der Waals surface area contributed by atoms with Gasteiger partial charge in [0.1, 0.15) is 0 Å². The number of hydrazine groups is 1. The Kier molecular flexibility index (Phi) is 3.31. The van der Waals surface area contributed by atoms with E-state index in [1.807, 2.05) is 23.6 Å². The lowest BCUT2D eigenvalue weighted by atomic mass is 10.0. The van der Waals surface area contributed by atoms with Crippen molar-refractivity contribution >= 4 is 17.5 Å². The van der Waals surface area contributed by atoms with Gasteiger partial charge in [0.05, 0.1) is 12.5 Å². The van der Waals surface area contributed by atoms with Crippen LogP contribution in [0.25, 0.3) is 0 Å². The SMILES string of the molecule is CN1C(=O)Cc2cc(CC(N)C(=O)NN)ccc21. The number of nitrogens with zero attached hydrogens (tertiary/aromatic N) is 1. The highest BCUT2D eigenvalue weighted by molar-refractivity contribution is 6.00. The van der Waals surface area contributed by atoms with Gasteiger partial charge in [0.25, 0.3) is 5.91 Å². The Morgan fingerprint density at radius 1 is 1.56 bits per heavy atom. The number of hydrogen-bond donors (Lipinski definition) is 3. The van der Waals surface area contributed by atoms with Crippen molar-refractivity contribution < 1.29 is 9.59 Å². The monoisotopic (exact) mass is 248 g/mol. The van der Waals surface area contributed by atoms with Gasteiger partial charge in [-0.25, -0.2) is 5.84 Å². The molecule has 0 saturated carbocycles. The molecule has 6 nitrogen and oxygen atoms in total. The number of anilines is 1. The molecule has 0 bridgehead atoms. The first kappa shape index (κ1) is 12.5. The standard InChI is InChI=1S/C12H16N4O2/c1-16-10-3-2-7(4-8(10)6-11(16)17)5-9(13)12(18)15-14/h2-4,9H,5-6,13-14H2,1H3,(H,15,18). The van der Waals surface area contributed by atoms with E-state index in [9.17, 15) is 9.59 Å². The van der Waals surface area contributed by atoms with Crippen molar-refractivity contribution in [3.63, 3.8) is 0 Å². The maximum absolute atomic E-state index is 11.5. The average molecular weight is 248 g/mol. The summed E-state index contributed by atoms with van der Waals surface area (Å²) >= 11 is 0. The number of hydrogen-bond acceptors (Lipinski definition) is 4. The molecule has 1 aromatic carbocycles. The summed E-state index contributed by atoms with van der Waals surface area (Å²) in [6, 6.07) is 4.99. The van der Waals surface area contributed by atoms with E-state index in [1.165, 1.54) is 0 Å². The minimum absolute atomic E-state index is 0.0751. The first-order chi connectivity index (χ1) is 8.52. The van der Waals surface area contributed by atoms with Crippen molar-refractivity contribution in [2.45, 2.75) is 18.9 Å². The third kappa shape index (κ3) is 2.20. The topological polar surface area (TPSA) is 101 Å². The van der Waals surface area contributed by atoms with E-state index in [4.69, 9.17) is 11.6 Å².